The highest BCUT2D eigenvalue weighted by Gasteiger charge is 2.03. The van der Waals surface area contributed by atoms with E-state index in [9.17, 15) is 4.21 Å². The lowest BCUT2D eigenvalue weighted by molar-refractivity contribution is 0.535. The smallest absolute Gasteiger partial charge is 0.0246 e. The third kappa shape index (κ3) is 5.78. The molecule has 0 aliphatic rings. The van der Waals surface area contributed by atoms with E-state index in [1.165, 1.54) is 11.1 Å². The van der Waals surface area contributed by atoms with Crippen molar-refractivity contribution in [3.05, 3.63) is 35.4 Å². The van der Waals surface area contributed by atoms with E-state index in [-0.39, 0.29) is 0 Å². The first-order valence-corrected chi connectivity index (χ1v) is 8.34. The van der Waals surface area contributed by atoms with Crippen molar-refractivity contribution in [1.82, 2.24) is 5.32 Å². The summed E-state index contributed by atoms with van der Waals surface area (Å²) in [6.07, 6.45) is 2.73. The van der Waals surface area contributed by atoms with Gasteiger partial charge in [-0.15, -0.1) is 0 Å². The topological polar surface area (TPSA) is 29.1 Å². The zero-order valence-electron chi connectivity index (χ0n) is 11.9. The Bertz CT molecular complexity index is 373. The van der Waals surface area contributed by atoms with Gasteiger partial charge in [0, 0.05) is 35.4 Å². The van der Waals surface area contributed by atoms with E-state index < -0.39 is 10.8 Å². The monoisotopic (exact) mass is 267 g/mol. The molecule has 0 fully saturated rings. The lowest BCUT2D eigenvalue weighted by Crippen LogP contribution is -2.26. The van der Waals surface area contributed by atoms with E-state index in [4.69, 9.17) is 0 Å². The Hall–Kier alpha value is -0.670. The largest absolute Gasteiger partial charge is 0.310 e. The Kier molecular flexibility index (Phi) is 6.58. The van der Waals surface area contributed by atoms with Crippen LogP contribution in [0, 0.1) is 0 Å². The Morgan fingerprint density at radius 2 is 1.78 bits per heavy atom. The van der Waals surface area contributed by atoms with Gasteiger partial charge in [-0.1, -0.05) is 38.1 Å². The molecule has 0 saturated heterocycles. The summed E-state index contributed by atoms with van der Waals surface area (Å²) in [6, 6.07) is 9.19. The molecule has 18 heavy (non-hydrogen) atoms. The van der Waals surface area contributed by atoms with Crippen LogP contribution in [-0.4, -0.2) is 22.3 Å². The molecule has 0 heterocycles. The number of hydrogen-bond donors (Lipinski definition) is 1. The van der Waals surface area contributed by atoms with E-state index >= 15 is 0 Å². The zero-order valence-corrected chi connectivity index (χ0v) is 12.7. The second-order valence-corrected chi connectivity index (χ2v) is 6.80. The Balaban J connectivity index is 2.36. The standard InChI is InChI=1S/C15H25NOS/c1-12(2)15-7-5-14(6-8-15)11-16-13(3)9-10-18(4)17/h5-8,12-13,16H,9-11H2,1-4H3. The maximum Gasteiger partial charge on any atom is 0.0246 e. The van der Waals surface area contributed by atoms with E-state index in [1.807, 2.05) is 0 Å². The quantitative estimate of drug-likeness (QED) is 0.822. The summed E-state index contributed by atoms with van der Waals surface area (Å²) >= 11 is 0. The second-order valence-electron chi connectivity index (χ2n) is 5.24. The van der Waals surface area contributed by atoms with Gasteiger partial charge in [0.25, 0.3) is 0 Å². The molecule has 1 N–H and O–H groups in total. The van der Waals surface area contributed by atoms with Gasteiger partial charge < -0.3 is 5.32 Å². The van der Waals surface area contributed by atoms with Crippen molar-refractivity contribution in [3.8, 4) is 0 Å². The Morgan fingerprint density at radius 1 is 1.17 bits per heavy atom. The normalized spacial score (nSPS) is 14.7. The molecular formula is C15H25NOS. The molecule has 0 amide bonds. The predicted molar refractivity (Wildman–Crippen MR) is 80.4 cm³/mol. The molecule has 0 spiro atoms. The van der Waals surface area contributed by atoms with Crippen LogP contribution in [0.15, 0.2) is 24.3 Å². The molecule has 0 aliphatic heterocycles. The average molecular weight is 267 g/mol. The van der Waals surface area contributed by atoms with Gasteiger partial charge in [-0.25, -0.2) is 0 Å². The van der Waals surface area contributed by atoms with Gasteiger partial charge in [-0.05, 0) is 30.4 Å². The van der Waals surface area contributed by atoms with E-state index in [2.05, 4.69) is 50.4 Å². The van der Waals surface area contributed by atoms with E-state index in [0.717, 1.165) is 18.7 Å². The number of rotatable bonds is 7. The van der Waals surface area contributed by atoms with Crippen molar-refractivity contribution >= 4 is 10.8 Å². The summed E-state index contributed by atoms with van der Waals surface area (Å²) in [6.45, 7) is 7.45. The fraction of sp³-hybridized carbons (Fsp3) is 0.600. The van der Waals surface area contributed by atoms with Crippen molar-refractivity contribution in [2.75, 3.05) is 12.0 Å². The van der Waals surface area contributed by atoms with Crippen LogP contribution in [0.3, 0.4) is 0 Å². The maximum atomic E-state index is 11.0. The van der Waals surface area contributed by atoms with Crippen molar-refractivity contribution < 1.29 is 4.21 Å². The molecule has 0 aromatic heterocycles. The maximum absolute atomic E-state index is 11.0. The van der Waals surface area contributed by atoms with Crippen molar-refractivity contribution in [2.24, 2.45) is 0 Å². The minimum atomic E-state index is -0.683. The lowest BCUT2D eigenvalue weighted by atomic mass is 10.0. The highest BCUT2D eigenvalue weighted by Crippen LogP contribution is 2.14. The molecule has 1 aromatic rings. The first-order valence-electron chi connectivity index (χ1n) is 6.61. The molecule has 102 valence electrons. The molecule has 0 aliphatic carbocycles. The molecule has 0 radical (unpaired) electrons. The molecule has 2 nitrogen and oxygen atoms in total. The highest BCUT2D eigenvalue weighted by atomic mass is 32.2. The molecule has 1 aromatic carbocycles. The van der Waals surface area contributed by atoms with Crippen LogP contribution < -0.4 is 5.32 Å². The molecule has 0 bridgehead atoms. The average Bonchev–Trinajstić information content (AvgIpc) is 2.34. The van der Waals surface area contributed by atoms with Crippen LogP contribution in [0.1, 0.15) is 44.2 Å². The minimum absolute atomic E-state index is 0.415. The highest BCUT2D eigenvalue weighted by molar-refractivity contribution is 7.84. The Labute approximate surface area is 114 Å². The van der Waals surface area contributed by atoms with Crippen molar-refractivity contribution in [1.29, 1.82) is 0 Å². The summed E-state index contributed by atoms with van der Waals surface area (Å²) < 4.78 is 11.0. The molecule has 1 rings (SSSR count). The molecular weight excluding hydrogens is 242 g/mol. The third-order valence-electron chi connectivity index (χ3n) is 3.14. The van der Waals surface area contributed by atoms with Crippen LogP contribution in [0.25, 0.3) is 0 Å². The van der Waals surface area contributed by atoms with Gasteiger partial charge in [-0.2, -0.15) is 0 Å². The minimum Gasteiger partial charge on any atom is -0.310 e. The molecule has 2 atom stereocenters. The van der Waals surface area contributed by atoms with Crippen LogP contribution >= 0.6 is 0 Å². The number of nitrogens with one attached hydrogen (secondary N) is 1. The summed E-state index contributed by atoms with van der Waals surface area (Å²) in [5.41, 5.74) is 2.69. The van der Waals surface area contributed by atoms with E-state index in [0.29, 0.717) is 12.0 Å². The van der Waals surface area contributed by atoms with Gasteiger partial charge in [0.05, 0.1) is 0 Å². The summed E-state index contributed by atoms with van der Waals surface area (Å²) in [7, 11) is -0.683. The van der Waals surface area contributed by atoms with Gasteiger partial charge in [0.2, 0.25) is 0 Å². The SMILES string of the molecule is CC(CCS(C)=O)NCc1ccc(C(C)C)cc1. The van der Waals surface area contributed by atoms with Gasteiger partial charge in [0.1, 0.15) is 0 Å². The molecule has 3 heteroatoms. The fourth-order valence-corrected chi connectivity index (χ4v) is 2.44. The van der Waals surface area contributed by atoms with Gasteiger partial charge in [-0.3, -0.25) is 4.21 Å². The first kappa shape index (κ1) is 15.4. The van der Waals surface area contributed by atoms with Crippen LogP contribution in [0.2, 0.25) is 0 Å². The number of hydrogen-bond acceptors (Lipinski definition) is 2. The van der Waals surface area contributed by atoms with Gasteiger partial charge in [0.15, 0.2) is 0 Å². The van der Waals surface area contributed by atoms with Gasteiger partial charge >= 0.3 is 0 Å². The van der Waals surface area contributed by atoms with Crippen molar-refractivity contribution in [3.63, 3.8) is 0 Å². The van der Waals surface area contributed by atoms with E-state index in [1.54, 1.807) is 6.26 Å². The van der Waals surface area contributed by atoms with Crippen molar-refractivity contribution in [2.45, 2.75) is 45.7 Å². The summed E-state index contributed by atoms with van der Waals surface area (Å²) in [4.78, 5) is 0. The summed E-state index contributed by atoms with van der Waals surface area (Å²) in [5.74, 6) is 1.37. The van der Waals surface area contributed by atoms with Crippen LogP contribution in [-0.2, 0) is 17.3 Å². The predicted octanol–water partition coefficient (Wildman–Crippen LogP) is 3.06. The summed E-state index contributed by atoms with van der Waals surface area (Å²) in [5, 5.41) is 3.47. The zero-order chi connectivity index (χ0) is 13.5. The fourth-order valence-electron chi connectivity index (χ4n) is 1.76. The lowest BCUT2D eigenvalue weighted by Gasteiger charge is -2.13. The first-order chi connectivity index (χ1) is 8.49. The second kappa shape index (κ2) is 7.70. The van der Waals surface area contributed by atoms with Crippen LogP contribution in [0.5, 0.6) is 0 Å². The molecule has 0 saturated carbocycles. The van der Waals surface area contributed by atoms with Crippen LogP contribution in [0.4, 0.5) is 0 Å². The molecule has 2 unspecified atom stereocenters. The third-order valence-corrected chi connectivity index (χ3v) is 3.95. The Morgan fingerprint density at radius 3 is 2.28 bits per heavy atom. The number of benzene rings is 1.